The predicted molar refractivity (Wildman–Crippen MR) is 135 cm³/mol. The summed E-state index contributed by atoms with van der Waals surface area (Å²) in [7, 11) is 0. The summed E-state index contributed by atoms with van der Waals surface area (Å²) in [6, 6.07) is 9.57. The Kier molecular flexibility index (Phi) is 12.4. The first-order chi connectivity index (χ1) is 16.6. The fourth-order valence-electron chi connectivity index (χ4n) is 5.14. The number of alkyl halides is 2. The molecular formula is C29H44F2O4. The molecule has 1 aliphatic carbocycles. The second-order valence-electron chi connectivity index (χ2n) is 10.6. The molecule has 1 fully saturated rings. The van der Waals surface area contributed by atoms with Crippen LogP contribution in [0.15, 0.2) is 42.5 Å². The summed E-state index contributed by atoms with van der Waals surface area (Å²) in [6.07, 6.45) is 6.83. The van der Waals surface area contributed by atoms with E-state index in [2.05, 4.69) is 0 Å². The maximum atomic E-state index is 14.6. The monoisotopic (exact) mass is 494 g/mol. The van der Waals surface area contributed by atoms with E-state index in [1.807, 2.05) is 56.3 Å². The normalized spacial score (nSPS) is 22.6. The highest BCUT2D eigenvalue weighted by Gasteiger charge is 2.44. The van der Waals surface area contributed by atoms with Gasteiger partial charge in [0.2, 0.25) is 0 Å². The topological polar surface area (TPSA) is 66.8 Å². The number of esters is 1. The van der Waals surface area contributed by atoms with E-state index >= 15 is 0 Å². The largest absolute Gasteiger partial charge is 0.461 e. The summed E-state index contributed by atoms with van der Waals surface area (Å²) in [4.78, 5) is 11.9. The Hall–Kier alpha value is -1.79. The minimum atomic E-state index is -3.10. The molecule has 0 aliphatic heterocycles. The number of unbranched alkanes of at least 4 members (excludes halogenated alkanes) is 1. The molecule has 1 aromatic rings. The van der Waals surface area contributed by atoms with Gasteiger partial charge in [-0.05, 0) is 74.7 Å². The molecule has 1 aliphatic rings. The number of carbonyl (C=O) groups excluding carboxylic acids is 1. The summed E-state index contributed by atoms with van der Waals surface area (Å²) in [5.41, 5.74) is 0.965. The second-order valence-corrected chi connectivity index (χ2v) is 10.6. The van der Waals surface area contributed by atoms with Crippen molar-refractivity contribution in [3.8, 4) is 0 Å². The zero-order chi connectivity index (χ0) is 25.8. The summed E-state index contributed by atoms with van der Waals surface area (Å²) >= 11 is 0. The molecule has 0 amide bonds. The molecule has 35 heavy (non-hydrogen) atoms. The number of halogens is 2. The van der Waals surface area contributed by atoms with Crippen LogP contribution >= 0.6 is 0 Å². The van der Waals surface area contributed by atoms with Crippen molar-refractivity contribution in [2.45, 2.75) is 103 Å². The number of benzene rings is 1. The Morgan fingerprint density at radius 1 is 1.17 bits per heavy atom. The SMILES string of the molecule is CC(C)CC(C)C(F)(F)C(O)CC[C@H]1CC[C@@H](O)[C@@H]1C/C=C\CCCC(=O)OCc1ccccc1. The number of hydrogen-bond donors (Lipinski definition) is 2. The van der Waals surface area contributed by atoms with Crippen molar-refractivity contribution in [2.24, 2.45) is 23.7 Å². The number of aliphatic hydroxyl groups is 2. The number of hydrogen-bond acceptors (Lipinski definition) is 4. The second kappa shape index (κ2) is 14.7. The molecule has 0 aromatic heterocycles. The molecule has 2 rings (SSSR count). The van der Waals surface area contributed by atoms with E-state index in [1.54, 1.807) is 0 Å². The van der Waals surface area contributed by atoms with Crippen molar-refractivity contribution in [3.05, 3.63) is 48.0 Å². The number of rotatable bonds is 15. The van der Waals surface area contributed by atoms with Crippen LogP contribution in [0, 0.1) is 23.7 Å². The Labute approximate surface area is 209 Å². The van der Waals surface area contributed by atoms with Gasteiger partial charge >= 0.3 is 5.97 Å². The van der Waals surface area contributed by atoms with E-state index in [0.29, 0.717) is 38.5 Å². The van der Waals surface area contributed by atoms with E-state index in [9.17, 15) is 23.8 Å². The smallest absolute Gasteiger partial charge is 0.306 e. The quantitative estimate of drug-likeness (QED) is 0.162. The summed E-state index contributed by atoms with van der Waals surface area (Å²) in [5.74, 6) is -3.86. The molecule has 4 nitrogen and oxygen atoms in total. The number of ether oxygens (including phenoxy) is 1. The van der Waals surface area contributed by atoms with Gasteiger partial charge in [-0.1, -0.05) is 63.3 Å². The van der Waals surface area contributed by atoms with E-state index in [1.165, 1.54) is 6.92 Å². The van der Waals surface area contributed by atoms with Gasteiger partial charge in [-0.25, -0.2) is 8.78 Å². The Bertz CT molecular complexity index is 765. The average Bonchev–Trinajstić information content (AvgIpc) is 3.17. The van der Waals surface area contributed by atoms with Gasteiger partial charge in [0.15, 0.2) is 0 Å². The third-order valence-corrected chi connectivity index (χ3v) is 7.24. The van der Waals surface area contributed by atoms with Gasteiger partial charge in [-0.2, -0.15) is 0 Å². The van der Waals surface area contributed by atoms with E-state index in [-0.39, 0.29) is 36.8 Å². The molecule has 0 spiro atoms. The fraction of sp³-hybridized carbons (Fsp3) is 0.690. The molecule has 1 saturated carbocycles. The molecule has 0 heterocycles. The van der Waals surface area contributed by atoms with Crippen LogP contribution in [0.3, 0.4) is 0 Å². The van der Waals surface area contributed by atoms with E-state index in [0.717, 1.165) is 18.4 Å². The van der Waals surface area contributed by atoms with Crippen LogP contribution < -0.4 is 0 Å². The number of allylic oxidation sites excluding steroid dienone is 2. The number of aliphatic hydroxyl groups excluding tert-OH is 2. The summed E-state index contributed by atoms with van der Waals surface area (Å²) < 4.78 is 34.5. The Morgan fingerprint density at radius 2 is 1.89 bits per heavy atom. The third kappa shape index (κ3) is 10.0. The van der Waals surface area contributed by atoms with Gasteiger partial charge in [0.05, 0.1) is 6.10 Å². The summed E-state index contributed by atoms with van der Waals surface area (Å²) in [5, 5.41) is 20.6. The minimum Gasteiger partial charge on any atom is -0.461 e. The first kappa shape index (κ1) is 29.4. The van der Waals surface area contributed by atoms with Crippen molar-refractivity contribution in [3.63, 3.8) is 0 Å². The van der Waals surface area contributed by atoms with Crippen molar-refractivity contribution in [1.82, 2.24) is 0 Å². The highest BCUT2D eigenvalue weighted by Crippen LogP contribution is 2.40. The predicted octanol–water partition coefficient (Wildman–Crippen LogP) is 6.69. The standard InChI is InChI=1S/C29H44F2O4/c1-21(2)19-22(3)29(30,31)27(33)18-16-24-15-17-26(32)25(24)13-9-4-5-10-14-28(34)35-20-23-11-7-6-8-12-23/h4,6-9,11-12,21-22,24-27,32-33H,5,10,13-20H2,1-3H3/b9-4-/t22?,24-,25-,26-,27?/m1/s1. The van der Waals surface area contributed by atoms with E-state index in [4.69, 9.17) is 4.74 Å². The highest BCUT2D eigenvalue weighted by molar-refractivity contribution is 5.69. The summed E-state index contributed by atoms with van der Waals surface area (Å²) in [6.45, 7) is 5.62. The van der Waals surface area contributed by atoms with Gasteiger partial charge in [0.25, 0.3) is 5.92 Å². The van der Waals surface area contributed by atoms with Gasteiger partial charge in [0, 0.05) is 12.3 Å². The van der Waals surface area contributed by atoms with Crippen molar-refractivity contribution in [2.75, 3.05) is 0 Å². The molecular weight excluding hydrogens is 450 g/mol. The number of carbonyl (C=O) groups is 1. The molecule has 0 radical (unpaired) electrons. The van der Waals surface area contributed by atoms with Gasteiger partial charge in [-0.3, -0.25) is 4.79 Å². The first-order valence-electron chi connectivity index (χ1n) is 13.2. The molecule has 0 bridgehead atoms. The van der Waals surface area contributed by atoms with Gasteiger partial charge < -0.3 is 14.9 Å². The molecule has 198 valence electrons. The van der Waals surface area contributed by atoms with Crippen LogP contribution in [0.25, 0.3) is 0 Å². The Morgan fingerprint density at radius 3 is 2.57 bits per heavy atom. The van der Waals surface area contributed by atoms with E-state index < -0.39 is 24.0 Å². The maximum Gasteiger partial charge on any atom is 0.306 e. The molecule has 1 aromatic carbocycles. The van der Waals surface area contributed by atoms with Crippen molar-refractivity contribution >= 4 is 5.97 Å². The zero-order valence-corrected chi connectivity index (χ0v) is 21.5. The minimum absolute atomic E-state index is 0.0241. The first-order valence-corrected chi connectivity index (χ1v) is 13.2. The van der Waals surface area contributed by atoms with Gasteiger partial charge in [0.1, 0.15) is 12.7 Å². The molecule has 6 heteroatoms. The zero-order valence-electron chi connectivity index (χ0n) is 21.5. The molecule has 2 N–H and O–H groups in total. The lowest BCUT2D eigenvalue weighted by molar-refractivity contribution is -0.150. The van der Waals surface area contributed by atoms with Crippen LogP contribution in [0.1, 0.15) is 84.1 Å². The molecule has 5 atom stereocenters. The lowest BCUT2D eigenvalue weighted by atomic mass is 9.84. The van der Waals surface area contributed by atoms with Crippen LogP contribution in [0.2, 0.25) is 0 Å². The molecule has 0 saturated heterocycles. The van der Waals surface area contributed by atoms with Crippen LogP contribution in [-0.4, -0.2) is 34.3 Å². The Balaban J connectivity index is 1.69. The fourth-order valence-corrected chi connectivity index (χ4v) is 5.14. The van der Waals surface area contributed by atoms with Gasteiger partial charge in [-0.15, -0.1) is 0 Å². The highest BCUT2D eigenvalue weighted by atomic mass is 19.3. The molecule has 2 unspecified atom stereocenters. The third-order valence-electron chi connectivity index (χ3n) is 7.24. The maximum absolute atomic E-state index is 14.6. The lowest BCUT2D eigenvalue weighted by Crippen LogP contribution is -2.40. The lowest BCUT2D eigenvalue weighted by Gasteiger charge is -2.30. The van der Waals surface area contributed by atoms with Crippen LogP contribution in [-0.2, 0) is 16.1 Å². The van der Waals surface area contributed by atoms with Crippen molar-refractivity contribution in [1.29, 1.82) is 0 Å². The van der Waals surface area contributed by atoms with Crippen LogP contribution in [0.5, 0.6) is 0 Å². The average molecular weight is 495 g/mol. The van der Waals surface area contributed by atoms with Crippen LogP contribution in [0.4, 0.5) is 8.78 Å². The van der Waals surface area contributed by atoms with Crippen molar-refractivity contribution < 1.29 is 28.5 Å².